The molecular weight excluding hydrogens is 194 g/mol. The van der Waals surface area contributed by atoms with E-state index in [1.54, 1.807) is 7.11 Å². The predicted octanol–water partition coefficient (Wildman–Crippen LogP) is 0.599. The summed E-state index contributed by atoms with van der Waals surface area (Å²) >= 11 is 0. The Morgan fingerprint density at radius 3 is 3.07 bits per heavy atom. The molecule has 0 saturated carbocycles. The summed E-state index contributed by atoms with van der Waals surface area (Å²) in [5.41, 5.74) is 6.72. The van der Waals surface area contributed by atoms with Gasteiger partial charge in [-0.3, -0.25) is 4.79 Å². The highest BCUT2D eigenvalue weighted by Gasteiger charge is 2.05. The lowest BCUT2D eigenvalue weighted by atomic mass is 10.3. The molecule has 0 fully saturated rings. The summed E-state index contributed by atoms with van der Waals surface area (Å²) in [6.45, 7) is 0. The molecule has 1 aromatic carbocycles. The van der Waals surface area contributed by atoms with Gasteiger partial charge in [-0.1, -0.05) is 0 Å². The average Bonchev–Trinajstić information content (AvgIpc) is 2.57. The number of imidazole rings is 1. The molecule has 0 atom stereocenters. The Bertz CT molecular complexity index is 504. The SMILES string of the molecule is COc1ccc2nc(CC(N)=O)[nH]c2c1. The highest BCUT2D eigenvalue weighted by atomic mass is 16.5. The van der Waals surface area contributed by atoms with Crippen molar-refractivity contribution in [2.24, 2.45) is 5.73 Å². The van der Waals surface area contributed by atoms with E-state index in [4.69, 9.17) is 10.5 Å². The number of benzene rings is 1. The number of carbonyl (C=O) groups excluding carboxylic acids is 1. The van der Waals surface area contributed by atoms with Gasteiger partial charge in [-0.25, -0.2) is 4.98 Å². The maximum absolute atomic E-state index is 10.7. The van der Waals surface area contributed by atoms with Gasteiger partial charge in [0.25, 0.3) is 0 Å². The van der Waals surface area contributed by atoms with Crippen molar-refractivity contribution in [2.75, 3.05) is 7.11 Å². The van der Waals surface area contributed by atoms with Gasteiger partial charge in [-0.05, 0) is 12.1 Å². The zero-order valence-electron chi connectivity index (χ0n) is 8.28. The normalized spacial score (nSPS) is 10.5. The molecule has 0 aliphatic rings. The molecule has 5 heteroatoms. The summed E-state index contributed by atoms with van der Waals surface area (Å²) < 4.78 is 5.07. The minimum Gasteiger partial charge on any atom is -0.497 e. The van der Waals surface area contributed by atoms with Crippen LogP contribution in [0, 0.1) is 0 Å². The van der Waals surface area contributed by atoms with E-state index in [9.17, 15) is 4.79 Å². The molecule has 0 aliphatic heterocycles. The second-order valence-corrected chi connectivity index (χ2v) is 3.21. The Hall–Kier alpha value is -2.04. The average molecular weight is 205 g/mol. The molecule has 1 amide bonds. The molecule has 0 aliphatic carbocycles. The standard InChI is InChI=1S/C10H11N3O2/c1-15-6-2-3-7-8(4-6)13-10(12-7)5-9(11)14/h2-4H,5H2,1H3,(H2,11,14)(H,12,13). The van der Waals surface area contributed by atoms with Crippen LogP contribution in [-0.4, -0.2) is 23.0 Å². The number of aromatic nitrogens is 2. The Balaban J connectivity index is 2.42. The number of rotatable bonds is 3. The summed E-state index contributed by atoms with van der Waals surface area (Å²) in [5.74, 6) is 0.920. The van der Waals surface area contributed by atoms with Crippen LogP contribution >= 0.6 is 0 Å². The van der Waals surface area contributed by atoms with Gasteiger partial charge in [0.05, 0.1) is 24.6 Å². The molecule has 2 aromatic rings. The highest BCUT2D eigenvalue weighted by molar-refractivity contribution is 5.80. The van der Waals surface area contributed by atoms with E-state index < -0.39 is 5.91 Å². The van der Waals surface area contributed by atoms with Gasteiger partial charge in [0.15, 0.2) is 0 Å². The lowest BCUT2D eigenvalue weighted by molar-refractivity contribution is -0.117. The van der Waals surface area contributed by atoms with Crippen molar-refractivity contribution < 1.29 is 9.53 Å². The number of aromatic amines is 1. The van der Waals surface area contributed by atoms with Crippen molar-refractivity contribution in [3.05, 3.63) is 24.0 Å². The molecule has 2 rings (SSSR count). The van der Waals surface area contributed by atoms with Gasteiger partial charge < -0.3 is 15.5 Å². The van der Waals surface area contributed by atoms with Crippen molar-refractivity contribution in [2.45, 2.75) is 6.42 Å². The number of carbonyl (C=O) groups is 1. The molecule has 1 heterocycles. The maximum atomic E-state index is 10.7. The second-order valence-electron chi connectivity index (χ2n) is 3.21. The fourth-order valence-electron chi connectivity index (χ4n) is 1.42. The summed E-state index contributed by atoms with van der Waals surface area (Å²) in [5, 5.41) is 0. The van der Waals surface area contributed by atoms with E-state index >= 15 is 0 Å². The zero-order valence-corrected chi connectivity index (χ0v) is 8.28. The van der Waals surface area contributed by atoms with Crippen molar-refractivity contribution in [3.8, 4) is 5.75 Å². The fourth-order valence-corrected chi connectivity index (χ4v) is 1.42. The first-order valence-corrected chi connectivity index (χ1v) is 4.50. The van der Waals surface area contributed by atoms with Crippen LogP contribution in [0.15, 0.2) is 18.2 Å². The van der Waals surface area contributed by atoms with Gasteiger partial charge in [-0.15, -0.1) is 0 Å². The quantitative estimate of drug-likeness (QED) is 0.769. The zero-order chi connectivity index (χ0) is 10.8. The largest absolute Gasteiger partial charge is 0.497 e. The van der Waals surface area contributed by atoms with E-state index in [0.29, 0.717) is 5.82 Å². The van der Waals surface area contributed by atoms with Gasteiger partial charge in [-0.2, -0.15) is 0 Å². The smallest absolute Gasteiger partial charge is 0.225 e. The topological polar surface area (TPSA) is 81.0 Å². The maximum Gasteiger partial charge on any atom is 0.225 e. The molecule has 0 saturated heterocycles. The van der Waals surface area contributed by atoms with Crippen molar-refractivity contribution in [1.82, 2.24) is 9.97 Å². The Morgan fingerprint density at radius 2 is 2.40 bits per heavy atom. The van der Waals surface area contributed by atoms with Crippen LogP contribution in [0.25, 0.3) is 11.0 Å². The van der Waals surface area contributed by atoms with Crippen LogP contribution in [0.5, 0.6) is 5.75 Å². The second kappa shape index (κ2) is 3.61. The van der Waals surface area contributed by atoms with Gasteiger partial charge in [0.2, 0.25) is 5.91 Å². The number of amides is 1. The number of nitrogens with zero attached hydrogens (tertiary/aromatic N) is 1. The van der Waals surface area contributed by atoms with E-state index in [1.807, 2.05) is 18.2 Å². The first-order valence-electron chi connectivity index (χ1n) is 4.50. The molecule has 0 radical (unpaired) electrons. The third kappa shape index (κ3) is 1.90. The van der Waals surface area contributed by atoms with Crippen LogP contribution in [-0.2, 0) is 11.2 Å². The lowest BCUT2D eigenvalue weighted by Crippen LogP contribution is -2.14. The molecule has 3 N–H and O–H groups in total. The van der Waals surface area contributed by atoms with Crippen molar-refractivity contribution in [1.29, 1.82) is 0 Å². The Morgan fingerprint density at radius 1 is 1.60 bits per heavy atom. The Labute approximate surface area is 86.3 Å². The van der Waals surface area contributed by atoms with E-state index in [2.05, 4.69) is 9.97 Å². The molecule has 5 nitrogen and oxygen atoms in total. The summed E-state index contributed by atoms with van der Waals surface area (Å²) in [6.07, 6.45) is 0.122. The third-order valence-corrected chi connectivity index (χ3v) is 2.08. The van der Waals surface area contributed by atoms with Crippen LogP contribution < -0.4 is 10.5 Å². The predicted molar refractivity (Wildman–Crippen MR) is 55.5 cm³/mol. The number of ether oxygens (including phenoxy) is 1. The molecule has 15 heavy (non-hydrogen) atoms. The molecule has 0 unspecified atom stereocenters. The monoisotopic (exact) mass is 205 g/mol. The summed E-state index contributed by atoms with van der Waals surface area (Å²) in [4.78, 5) is 17.9. The van der Waals surface area contributed by atoms with Gasteiger partial charge in [0.1, 0.15) is 11.6 Å². The number of hydrogen-bond acceptors (Lipinski definition) is 3. The third-order valence-electron chi connectivity index (χ3n) is 2.08. The van der Waals surface area contributed by atoms with Gasteiger partial charge in [0, 0.05) is 6.07 Å². The molecule has 1 aromatic heterocycles. The number of nitrogens with one attached hydrogen (secondary N) is 1. The minimum atomic E-state index is -0.402. The number of H-pyrrole nitrogens is 1. The van der Waals surface area contributed by atoms with Crippen LogP contribution in [0.4, 0.5) is 0 Å². The Kier molecular flexibility index (Phi) is 2.29. The van der Waals surface area contributed by atoms with Crippen molar-refractivity contribution in [3.63, 3.8) is 0 Å². The fraction of sp³-hybridized carbons (Fsp3) is 0.200. The number of fused-ring (bicyclic) bond motifs is 1. The minimum absolute atomic E-state index is 0.122. The first-order chi connectivity index (χ1) is 7.19. The van der Waals surface area contributed by atoms with E-state index in [-0.39, 0.29) is 6.42 Å². The van der Waals surface area contributed by atoms with Gasteiger partial charge >= 0.3 is 0 Å². The van der Waals surface area contributed by atoms with Crippen LogP contribution in [0.3, 0.4) is 0 Å². The molecule has 0 bridgehead atoms. The molecule has 78 valence electrons. The lowest BCUT2D eigenvalue weighted by Gasteiger charge is -1.96. The number of nitrogens with two attached hydrogens (primary N) is 1. The number of methoxy groups -OCH3 is 1. The highest BCUT2D eigenvalue weighted by Crippen LogP contribution is 2.18. The van der Waals surface area contributed by atoms with Crippen LogP contribution in [0.2, 0.25) is 0 Å². The number of hydrogen-bond donors (Lipinski definition) is 2. The number of primary amides is 1. The van der Waals surface area contributed by atoms with E-state index in [0.717, 1.165) is 16.8 Å². The summed E-state index contributed by atoms with van der Waals surface area (Å²) in [7, 11) is 1.60. The van der Waals surface area contributed by atoms with Crippen molar-refractivity contribution >= 4 is 16.9 Å². The molecule has 0 spiro atoms. The first kappa shape index (κ1) is 9.51. The van der Waals surface area contributed by atoms with Crippen LogP contribution in [0.1, 0.15) is 5.82 Å². The summed E-state index contributed by atoms with van der Waals surface area (Å²) in [6, 6.07) is 5.47. The molecular formula is C10H11N3O2. The van der Waals surface area contributed by atoms with E-state index in [1.165, 1.54) is 0 Å².